The molecule has 1 unspecified atom stereocenters. The molecule has 1 saturated heterocycles. The average molecular weight is 383 g/mol. The van der Waals surface area contributed by atoms with Crippen LogP contribution < -0.4 is 4.74 Å². The molecule has 0 aliphatic carbocycles. The number of aryl methyl sites for hydroxylation is 1. The van der Waals surface area contributed by atoms with E-state index in [1.807, 2.05) is 35.2 Å². The second-order valence-electron chi connectivity index (χ2n) is 6.50. The molecule has 2 aromatic heterocycles. The molecule has 0 saturated carbocycles. The first-order chi connectivity index (χ1) is 13.2. The van der Waals surface area contributed by atoms with Crippen molar-refractivity contribution in [1.82, 2.24) is 15.0 Å². The molecule has 7 heteroatoms. The SMILES string of the molecule is COc1ccc(-c2noc(CCC(=O)N3CCCC3c3cccs3)n2)cc1. The summed E-state index contributed by atoms with van der Waals surface area (Å²) in [5, 5.41) is 6.09. The smallest absolute Gasteiger partial charge is 0.227 e. The molecular weight excluding hydrogens is 362 g/mol. The van der Waals surface area contributed by atoms with Gasteiger partial charge in [-0.15, -0.1) is 11.3 Å². The van der Waals surface area contributed by atoms with Crippen LogP contribution in [0.4, 0.5) is 0 Å². The van der Waals surface area contributed by atoms with Gasteiger partial charge in [0, 0.05) is 29.8 Å². The Hall–Kier alpha value is -2.67. The number of carbonyl (C=O) groups is 1. The number of ether oxygens (including phenoxy) is 1. The normalized spacial score (nSPS) is 16.6. The van der Waals surface area contributed by atoms with E-state index in [2.05, 4.69) is 21.6 Å². The first-order valence-corrected chi connectivity index (χ1v) is 9.92. The minimum absolute atomic E-state index is 0.148. The summed E-state index contributed by atoms with van der Waals surface area (Å²) in [5.74, 6) is 1.94. The highest BCUT2D eigenvalue weighted by molar-refractivity contribution is 7.10. The molecular formula is C20H21N3O3S. The standard InChI is InChI=1S/C20H21N3O3S/c1-25-15-8-6-14(7-9-15)20-21-18(26-22-20)10-11-19(24)23-12-2-4-16(23)17-5-3-13-27-17/h3,5-9,13,16H,2,4,10-12H2,1H3. The van der Waals surface area contributed by atoms with Crippen molar-refractivity contribution in [2.45, 2.75) is 31.7 Å². The van der Waals surface area contributed by atoms with Gasteiger partial charge in [0.25, 0.3) is 0 Å². The monoisotopic (exact) mass is 383 g/mol. The van der Waals surface area contributed by atoms with E-state index in [1.165, 1.54) is 4.88 Å². The number of carbonyl (C=O) groups excluding carboxylic acids is 1. The van der Waals surface area contributed by atoms with E-state index in [0.717, 1.165) is 30.7 Å². The molecule has 1 aliphatic heterocycles. The molecule has 4 rings (SSSR count). The Kier molecular flexibility index (Phi) is 5.20. The van der Waals surface area contributed by atoms with Crippen LogP contribution in [0.5, 0.6) is 5.75 Å². The van der Waals surface area contributed by atoms with E-state index < -0.39 is 0 Å². The van der Waals surface area contributed by atoms with Gasteiger partial charge in [-0.1, -0.05) is 11.2 Å². The molecule has 1 fully saturated rings. The van der Waals surface area contributed by atoms with Gasteiger partial charge in [0.05, 0.1) is 13.2 Å². The van der Waals surface area contributed by atoms with E-state index in [-0.39, 0.29) is 11.9 Å². The zero-order valence-electron chi connectivity index (χ0n) is 15.1. The van der Waals surface area contributed by atoms with Crippen molar-refractivity contribution in [1.29, 1.82) is 0 Å². The third kappa shape index (κ3) is 3.88. The van der Waals surface area contributed by atoms with Crippen LogP contribution in [0.2, 0.25) is 0 Å². The fraction of sp³-hybridized carbons (Fsp3) is 0.350. The highest BCUT2D eigenvalue weighted by Crippen LogP contribution is 2.34. The largest absolute Gasteiger partial charge is 0.497 e. The second-order valence-corrected chi connectivity index (χ2v) is 7.48. The minimum atomic E-state index is 0.148. The average Bonchev–Trinajstić information content (AvgIpc) is 3.47. The van der Waals surface area contributed by atoms with Crippen molar-refractivity contribution < 1.29 is 14.1 Å². The van der Waals surface area contributed by atoms with Gasteiger partial charge in [-0.25, -0.2) is 0 Å². The topological polar surface area (TPSA) is 68.5 Å². The van der Waals surface area contributed by atoms with E-state index in [4.69, 9.17) is 9.26 Å². The highest BCUT2D eigenvalue weighted by Gasteiger charge is 2.30. The number of nitrogens with zero attached hydrogens (tertiary/aromatic N) is 3. The lowest BCUT2D eigenvalue weighted by atomic mass is 10.1. The fourth-order valence-electron chi connectivity index (χ4n) is 3.41. The van der Waals surface area contributed by atoms with Crippen LogP contribution in [-0.2, 0) is 11.2 Å². The Morgan fingerprint density at radius 1 is 1.33 bits per heavy atom. The number of hydrogen-bond acceptors (Lipinski definition) is 6. The molecule has 1 atom stereocenters. The summed E-state index contributed by atoms with van der Waals surface area (Å²) in [5.41, 5.74) is 0.856. The fourth-order valence-corrected chi connectivity index (χ4v) is 4.29. The number of aromatic nitrogens is 2. The maximum Gasteiger partial charge on any atom is 0.227 e. The van der Waals surface area contributed by atoms with Gasteiger partial charge in [0.1, 0.15) is 5.75 Å². The van der Waals surface area contributed by atoms with Crippen LogP contribution >= 0.6 is 11.3 Å². The molecule has 0 spiro atoms. The van der Waals surface area contributed by atoms with E-state index in [1.54, 1.807) is 18.4 Å². The summed E-state index contributed by atoms with van der Waals surface area (Å²) in [6.07, 6.45) is 2.92. The molecule has 3 heterocycles. The minimum Gasteiger partial charge on any atom is -0.497 e. The number of thiophene rings is 1. The highest BCUT2D eigenvalue weighted by atomic mass is 32.1. The number of benzene rings is 1. The quantitative estimate of drug-likeness (QED) is 0.641. The van der Waals surface area contributed by atoms with Crippen molar-refractivity contribution >= 4 is 17.2 Å². The van der Waals surface area contributed by atoms with Gasteiger partial charge < -0.3 is 14.2 Å². The molecule has 27 heavy (non-hydrogen) atoms. The van der Waals surface area contributed by atoms with Crippen LogP contribution in [0.1, 0.15) is 36.1 Å². The van der Waals surface area contributed by atoms with E-state index in [0.29, 0.717) is 24.6 Å². The Morgan fingerprint density at radius 3 is 2.93 bits per heavy atom. The molecule has 140 valence electrons. The summed E-state index contributed by atoms with van der Waals surface area (Å²) in [7, 11) is 1.63. The summed E-state index contributed by atoms with van der Waals surface area (Å²) >= 11 is 1.72. The Bertz CT molecular complexity index is 890. The van der Waals surface area contributed by atoms with Crippen molar-refractivity contribution in [2.24, 2.45) is 0 Å². The lowest BCUT2D eigenvalue weighted by Gasteiger charge is -2.23. The van der Waals surface area contributed by atoms with Gasteiger partial charge in [-0.3, -0.25) is 4.79 Å². The zero-order valence-corrected chi connectivity index (χ0v) is 15.9. The lowest BCUT2D eigenvalue weighted by molar-refractivity contribution is -0.132. The van der Waals surface area contributed by atoms with Crippen LogP contribution in [0.3, 0.4) is 0 Å². The molecule has 6 nitrogen and oxygen atoms in total. The predicted octanol–water partition coefficient (Wildman–Crippen LogP) is 4.10. The Morgan fingerprint density at radius 2 is 2.19 bits per heavy atom. The van der Waals surface area contributed by atoms with Crippen molar-refractivity contribution in [2.75, 3.05) is 13.7 Å². The first kappa shape index (κ1) is 17.7. The number of amides is 1. The van der Waals surface area contributed by atoms with Crippen molar-refractivity contribution in [3.63, 3.8) is 0 Å². The summed E-state index contributed by atoms with van der Waals surface area (Å²) in [4.78, 5) is 20.4. The Balaban J connectivity index is 1.37. The van der Waals surface area contributed by atoms with E-state index >= 15 is 0 Å². The van der Waals surface area contributed by atoms with Gasteiger partial charge in [-0.05, 0) is 48.6 Å². The van der Waals surface area contributed by atoms with Crippen molar-refractivity contribution in [3.05, 3.63) is 52.5 Å². The summed E-state index contributed by atoms with van der Waals surface area (Å²) in [6, 6.07) is 11.8. The van der Waals surface area contributed by atoms with Crippen LogP contribution in [0, 0.1) is 0 Å². The molecule has 0 radical (unpaired) electrons. The zero-order chi connectivity index (χ0) is 18.6. The van der Waals surface area contributed by atoms with Gasteiger partial charge >= 0.3 is 0 Å². The number of likely N-dealkylation sites (tertiary alicyclic amines) is 1. The maximum atomic E-state index is 12.7. The van der Waals surface area contributed by atoms with Gasteiger partial charge in [-0.2, -0.15) is 4.98 Å². The van der Waals surface area contributed by atoms with Gasteiger partial charge in [0.2, 0.25) is 17.6 Å². The molecule has 1 aliphatic rings. The number of hydrogen-bond donors (Lipinski definition) is 0. The molecule has 0 N–H and O–H groups in total. The second kappa shape index (κ2) is 7.92. The molecule has 1 aromatic carbocycles. The third-order valence-corrected chi connectivity index (χ3v) is 5.79. The molecule has 1 amide bonds. The van der Waals surface area contributed by atoms with Gasteiger partial charge in [0.15, 0.2) is 0 Å². The van der Waals surface area contributed by atoms with Crippen LogP contribution in [0.15, 0.2) is 46.3 Å². The van der Waals surface area contributed by atoms with Crippen LogP contribution in [0.25, 0.3) is 11.4 Å². The maximum absolute atomic E-state index is 12.7. The number of methoxy groups -OCH3 is 1. The summed E-state index contributed by atoms with van der Waals surface area (Å²) < 4.78 is 10.5. The van der Waals surface area contributed by atoms with E-state index in [9.17, 15) is 4.79 Å². The predicted molar refractivity (Wildman–Crippen MR) is 103 cm³/mol. The Labute approximate surface area is 161 Å². The first-order valence-electron chi connectivity index (χ1n) is 9.04. The number of rotatable bonds is 6. The van der Waals surface area contributed by atoms with Crippen molar-refractivity contribution in [3.8, 4) is 17.1 Å². The third-order valence-electron chi connectivity index (χ3n) is 4.81. The van der Waals surface area contributed by atoms with Crippen LogP contribution in [-0.4, -0.2) is 34.6 Å². The summed E-state index contributed by atoms with van der Waals surface area (Å²) in [6.45, 7) is 0.822. The molecule has 0 bridgehead atoms. The lowest BCUT2D eigenvalue weighted by Crippen LogP contribution is -2.30. The molecule has 3 aromatic rings.